The lowest BCUT2D eigenvalue weighted by Crippen LogP contribution is -2.49. The molecule has 164 valence electrons. The zero-order valence-electron chi connectivity index (χ0n) is 16.7. The molecule has 10 heteroatoms. The minimum Gasteiger partial charge on any atom is -0.484 e. The van der Waals surface area contributed by atoms with Gasteiger partial charge in [-0.3, -0.25) is 4.99 Å². The molecule has 1 unspecified atom stereocenters. The number of ether oxygens (including phenoxy) is 2. The highest BCUT2D eigenvalue weighted by Gasteiger charge is 2.44. The highest BCUT2D eigenvalue weighted by Crippen LogP contribution is 2.41. The number of hydrogen-bond acceptors (Lipinski definition) is 6. The second kappa shape index (κ2) is 7.15. The first kappa shape index (κ1) is 20.2. The minimum atomic E-state index is -4.44. The largest absolute Gasteiger partial charge is 0.484 e. The summed E-state index contributed by atoms with van der Waals surface area (Å²) in [5.74, 6) is 0.102. The Balaban J connectivity index is 1.42. The first-order chi connectivity index (χ1) is 14.7. The van der Waals surface area contributed by atoms with Crippen LogP contribution in [-0.2, 0) is 11.3 Å². The van der Waals surface area contributed by atoms with Crippen molar-refractivity contribution in [3.8, 4) is 5.75 Å². The predicted molar refractivity (Wildman–Crippen MR) is 104 cm³/mol. The van der Waals surface area contributed by atoms with E-state index in [0.29, 0.717) is 34.9 Å². The van der Waals surface area contributed by atoms with Crippen molar-refractivity contribution in [1.29, 1.82) is 0 Å². The van der Waals surface area contributed by atoms with E-state index in [0.717, 1.165) is 12.8 Å². The van der Waals surface area contributed by atoms with Crippen LogP contribution in [0, 0.1) is 5.82 Å². The Bertz CT molecular complexity index is 1050. The molecular weight excluding hydrogens is 416 g/mol. The predicted octanol–water partition coefficient (Wildman–Crippen LogP) is 3.67. The normalized spacial score (nSPS) is 22.2. The van der Waals surface area contributed by atoms with Crippen LogP contribution in [0.25, 0.3) is 0 Å². The maximum Gasteiger partial charge on any atom is 0.416 e. The van der Waals surface area contributed by atoms with Gasteiger partial charge in [-0.05, 0) is 37.5 Å². The lowest BCUT2D eigenvalue weighted by molar-refractivity contribution is -0.221. The zero-order chi connectivity index (χ0) is 21.8. The van der Waals surface area contributed by atoms with Gasteiger partial charge in [0.05, 0.1) is 31.1 Å². The van der Waals surface area contributed by atoms with Gasteiger partial charge in [0.15, 0.2) is 17.7 Å². The van der Waals surface area contributed by atoms with Crippen molar-refractivity contribution in [1.82, 2.24) is 9.97 Å². The molecule has 2 fully saturated rings. The van der Waals surface area contributed by atoms with Crippen molar-refractivity contribution < 1.29 is 27.0 Å². The fourth-order valence-corrected chi connectivity index (χ4v) is 3.74. The van der Waals surface area contributed by atoms with E-state index in [2.05, 4.69) is 15.0 Å². The van der Waals surface area contributed by atoms with E-state index < -0.39 is 18.1 Å². The molecule has 5 rings (SSSR count). The van der Waals surface area contributed by atoms with Gasteiger partial charge >= 0.3 is 6.18 Å². The van der Waals surface area contributed by atoms with Crippen molar-refractivity contribution >= 4 is 11.5 Å². The molecule has 0 bridgehead atoms. The van der Waals surface area contributed by atoms with E-state index in [1.54, 1.807) is 12.1 Å². The summed E-state index contributed by atoms with van der Waals surface area (Å²) >= 11 is 0. The molecule has 6 nitrogen and oxygen atoms in total. The maximum atomic E-state index is 14.5. The molecule has 0 spiro atoms. The maximum absolute atomic E-state index is 14.5. The van der Waals surface area contributed by atoms with Crippen molar-refractivity contribution in [2.24, 2.45) is 4.99 Å². The molecule has 3 aliphatic rings. The van der Waals surface area contributed by atoms with E-state index in [1.165, 1.54) is 17.3 Å². The van der Waals surface area contributed by atoms with Gasteiger partial charge in [-0.2, -0.15) is 13.2 Å². The molecule has 2 aromatic rings. The lowest BCUT2D eigenvalue weighted by Gasteiger charge is -2.34. The highest BCUT2D eigenvalue weighted by atomic mass is 19.4. The summed E-state index contributed by atoms with van der Waals surface area (Å²) in [7, 11) is 0. The number of hydrogen-bond donors (Lipinski definition) is 0. The number of rotatable bonds is 4. The Kier molecular flexibility index (Phi) is 4.65. The van der Waals surface area contributed by atoms with Crippen molar-refractivity contribution in [2.45, 2.75) is 44.2 Å². The van der Waals surface area contributed by atoms with Crippen LogP contribution in [-0.4, -0.2) is 53.3 Å². The fraction of sp³-hybridized carbons (Fsp3) is 0.476. The molecule has 1 atom stereocenters. The smallest absolute Gasteiger partial charge is 0.416 e. The Morgan fingerprint density at radius 1 is 1.19 bits per heavy atom. The third-order valence-corrected chi connectivity index (χ3v) is 5.78. The molecule has 2 aliphatic heterocycles. The molecule has 3 heterocycles. The zero-order valence-corrected chi connectivity index (χ0v) is 16.7. The third kappa shape index (κ3) is 3.96. The van der Waals surface area contributed by atoms with Gasteiger partial charge in [0.1, 0.15) is 17.7 Å². The van der Waals surface area contributed by atoms with Crippen LogP contribution < -0.4 is 9.64 Å². The first-order valence-electron chi connectivity index (χ1n) is 10.0. The summed E-state index contributed by atoms with van der Waals surface area (Å²) in [6.07, 6.45) is -3.26. The van der Waals surface area contributed by atoms with Gasteiger partial charge in [-0.1, -0.05) is 0 Å². The summed E-state index contributed by atoms with van der Waals surface area (Å²) in [5, 5.41) is 0. The standard InChI is InChI=1S/C21H20F4N4O2/c1-20(2-3-20)31-16-7-13-12(6-14(16)22)9-26-19(13)15-8-18(28-11-27-15)29-4-5-30-17(10-29)21(23,24)25/h6-8,11,17H,2-5,9-10H2,1H3. The Hall–Kier alpha value is -2.75. The molecule has 0 radical (unpaired) electrons. The average molecular weight is 436 g/mol. The van der Waals surface area contributed by atoms with Crippen LogP contribution in [0.1, 0.15) is 36.6 Å². The highest BCUT2D eigenvalue weighted by molar-refractivity contribution is 6.14. The average Bonchev–Trinajstić information content (AvgIpc) is 3.33. The van der Waals surface area contributed by atoms with Crippen LogP contribution in [0.2, 0.25) is 0 Å². The fourth-order valence-electron chi connectivity index (χ4n) is 3.74. The van der Waals surface area contributed by atoms with E-state index >= 15 is 0 Å². The molecule has 0 N–H and O–H groups in total. The molecule has 1 saturated heterocycles. The van der Waals surface area contributed by atoms with Gasteiger partial charge in [-0.15, -0.1) is 0 Å². The quantitative estimate of drug-likeness (QED) is 0.685. The summed E-state index contributed by atoms with van der Waals surface area (Å²) in [6, 6.07) is 4.67. The molecular formula is C21H20F4N4O2. The molecule has 1 saturated carbocycles. The van der Waals surface area contributed by atoms with Crippen LogP contribution in [0.15, 0.2) is 29.5 Å². The number of morpholine rings is 1. The number of halogens is 4. The van der Waals surface area contributed by atoms with E-state index in [1.807, 2.05) is 6.92 Å². The van der Waals surface area contributed by atoms with Gasteiger partial charge in [0, 0.05) is 18.2 Å². The van der Waals surface area contributed by atoms with E-state index in [-0.39, 0.29) is 31.0 Å². The number of anilines is 1. The second-order valence-electron chi connectivity index (χ2n) is 8.27. The number of aliphatic imine (C=N–C) groups is 1. The number of benzene rings is 1. The molecule has 31 heavy (non-hydrogen) atoms. The lowest BCUT2D eigenvalue weighted by atomic mass is 10.0. The van der Waals surface area contributed by atoms with E-state index in [9.17, 15) is 17.6 Å². The molecule has 1 aromatic heterocycles. The van der Waals surface area contributed by atoms with Crippen molar-refractivity contribution in [3.63, 3.8) is 0 Å². The minimum absolute atomic E-state index is 0.0496. The van der Waals surface area contributed by atoms with Crippen LogP contribution in [0.5, 0.6) is 5.75 Å². The summed E-state index contributed by atoms with van der Waals surface area (Å²) < 4.78 is 64.3. The van der Waals surface area contributed by atoms with E-state index in [4.69, 9.17) is 9.47 Å². The van der Waals surface area contributed by atoms with Gasteiger partial charge in [-0.25, -0.2) is 14.4 Å². The van der Waals surface area contributed by atoms with Crippen LogP contribution >= 0.6 is 0 Å². The first-order valence-corrected chi connectivity index (χ1v) is 10.0. The topological polar surface area (TPSA) is 59.8 Å². The Morgan fingerprint density at radius 3 is 2.74 bits per heavy atom. The van der Waals surface area contributed by atoms with Crippen molar-refractivity contribution in [3.05, 3.63) is 47.2 Å². The monoisotopic (exact) mass is 436 g/mol. The van der Waals surface area contributed by atoms with Crippen LogP contribution in [0.3, 0.4) is 0 Å². The Labute approximate surface area is 175 Å². The summed E-state index contributed by atoms with van der Waals surface area (Å²) in [6.45, 7) is 2.12. The summed E-state index contributed by atoms with van der Waals surface area (Å²) in [5.41, 5.74) is 2.10. The second-order valence-corrected chi connectivity index (χ2v) is 8.27. The Morgan fingerprint density at radius 2 is 2.00 bits per heavy atom. The number of nitrogens with zero attached hydrogens (tertiary/aromatic N) is 4. The van der Waals surface area contributed by atoms with Gasteiger partial charge in [0.25, 0.3) is 0 Å². The number of alkyl halides is 3. The molecule has 0 amide bonds. The van der Waals surface area contributed by atoms with Crippen LogP contribution in [0.4, 0.5) is 23.4 Å². The molecule has 1 aromatic carbocycles. The third-order valence-electron chi connectivity index (χ3n) is 5.78. The van der Waals surface area contributed by atoms with Gasteiger partial charge < -0.3 is 14.4 Å². The number of fused-ring (bicyclic) bond motifs is 1. The van der Waals surface area contributed by atoms with Gasteiger partial charge in [0.2, 0.25) is 0 Å². The number of aromatic nitrogens is 2. The van der Waals surface area contributed by atoms with Crippen molar-refractivity contribution in [2.75, 3.05) is 24.6 Å². The SMILES string of the molecule is CC1(Oc2cc3c(cc2F)CN=C3c2cc(N3CCOC(C(F)(F)F)C3)ncn2)CC1. The molecule has 1 aliphatic carbocycles. The summed E-state index contributed by atoms with van der Waals surface area (Å²) in [4.78, 5) is 14.4.